The first kappa shape index (κ1) is 17.3. The second kappa shape index (κ2) is 6.90. The Labute approximate surface area is 157 Å². The smallest absolute Gasteiger partial charge is 0.252 e. The summed E-state index contributed by atoms with van der Waals surface area (Å²) in [5, 5.41) is 8.92. The zero-order valence-corrected chi connectivity index (χ0v) is 15.5. The number of carbonyl (C=O) groups excluding carboxylic acids is 1. The number of aromatic nitrogens is 3. The lowest BCUT2D eigenvalue weighted by Gasteiger charge is -2.14. The molecule has 7 heteroatoms. The predicted molar refractivity (Wildman–Crippen MR) is 105 cm³/mol. The molecule has 0 aliphatic heterocycles. The molecule has 0 bridgehead atoms. The maximum Gasteiger partial charge on any atom is 0.252 e. The summed E-state index contributed by atoms with van der Waals surface area (Å²) in [6.07, 6.45) is 6.17. The number of nitrogens with one attached hydrogen (secondary N) is 1. The molecule has 1 aromatic carbocycles. The van der Waals surface area contributed by atoms with Gasteiger partial charge in [0.15, 0.2) is 5.65 Å². The van der Waals surface area contributed by atoms with E-state index in [9.17, 15) is 4.79 Å². The number of primary amides is 1. The first-order valence-corrected chi connectivity index (χ1v) is 9.17. The van der Waals surface area contributed by atoms with Gasteiger partial charge >= 0.3 is 0 Å². The number of pyridine rings is 1. The zero-order valence-electron chi connectivity index (χ0n) is 15.5. The number of carbonyl (C=O) groups is 1. The van der Waals surface area contributed by atoms with Crippen molar-refractivity contribution in [1.82, 2.24) is 14.8 Å². The van der Waals surface area contributed by atoms with Crippen molar-refractivity contribution in [3.05, 3.63) is 41.7 Å². The molecule has 1 saturated carbocycles. The van der Waals surface area contributed by atoms with E-state index in [1.54, 1.807) is 13.3 Å². The summed E-state index contributed by atoms with van der Waals surface area (Å²) in [7, 11) is 1.62. The number of hydrogen-bond acceptors (Lipinski definition) is 5. The van der Waals surface area contributed by atoms with Gasteiger partial charge < -0.3 is 15.8 Å². The first-order chi connectivity index (χ1) is 13.1. The van der Waals surface area contributed by atoms with Crippen LogP contribution in [0.4, 0.5) is 11.4 Å². The van der Waals surface area contributed by atoms with Gasteiger partial charge in [0.2, 0.25) is 0 Å². The van der Waals surface area contributed by atoms with Crippen molar-refractivity contribution in [1.29, 1.82) is 0 Å². The first-order valence-electron chi connectivity index (χ1n) is 9.17. The molecule has 1 aliphatic carbocycles. The van der Waals surface area contributed by atoms with Gasteiger partial charge in [0.05, 0.1) is 35.5 Å². The fraction of sp³-hybridized carbons (Fsp3) is 0.350. The van der Waals surface area contributed by atoms with Gasteiger partial charge in [-0.15, -0.1) is 0 Å². The molecule has 1 amide bonds. The molecule has 2 aromatic heterocycles. The molecule has 0 atom stereocenters. The number of nitrogens with two attached hydrogens (primary N) is 1. The van der Waals surface area contributed by atoms with Crippen molar-refractivity contribution < 1.29 is 9.53 Å². The molecule has 2 heterocycles. The minimum atomic E-state index is -0.525. The van der Waals surface area contributed by atoms with Crippen molar-refractivity contribution in [3.63, 3.8) is 0 Å². The van der Waals surface area contributed by atoms with E-state index in [1.807, 2.05) is 35.9 Å². The summed E-state index contributed by atoms with van der Waals surface area (Å²) in [4.78, 5) is 16.6. The minimum absolute atomic E-state index is 0.347. The molecular weight excluding hydrogens is 342 g/mol. The van der Waals surface area contributed by atoms with Crippen LogP contribution < -0.4 is 15.8 Å². The molecular formula is C20H23N5O2. The number of aryl methyl sites for hydroxylation is 1. The van der Waals surface area contributed by atoms with Crippen LogP contribution in [-0.4, -0.2) is 27.8 Å². The SMILES string of the molecule is COc1cccc(Nc2c(C(N)=O)cnc3c2c(C)nn3C2CCCC2)c1. The van der Waals surface area contributed by atoms with Gasteiger partial charge in [-0.2, -0.15) is 5.10 Å². The highest BCUT2D eigenvalue weighted by molar-refractivity contribution is 6.07. The van der Waals surface area contributed by atoms with Gasteiger partial charge in [0.25, 0.3) is 5.91 Å². The third-order valence-electron chi connectivity index (χ3n) is 5.17. The maximum absolute atomic E-state index is 12.0. The van der Waals surface area contributed by atoms with Crippen molar-refractivity contribution in [3.8, 4) is 5.75 Å². The summed E-state index contributed by atoms with van der Waals surface area (Å²) >= 11 is 0. The van der Waals surface area contributed by atoms with Crippen LogP contribution in [0.2, 0.25) is 0 Å². The van der Waals surface area contributed by atoms with Crippen LogP contribution in [0, 0.1) is 6.92 Å². The quantitative estimate of drug-likeness (QED) is 0.719. The van der Waals surface area contributed by atoms with Crippen molar-refractivity contribution in [2.75, 3.05) is 12.4 Å². The fourth-order valence-electron chi connectivity index (χ4n) is 3.84. The fourth-order valence-corrected chi connectivity index (χ4v) is 3.84. The number of ether oxygens (including phenoxy) is 1. The minimum Gasteiger partial charge on any atom is -0.497 e. The lowest BCUT2D eigenvalue weighted by molar-refractivity contribution is 0.100. The second-order valence-corrected chi connectivity index (χ2v) is 6.93. The maximum atomic E-state index is 12.0. The molecule has 0 radical (unpaired) electrons. The van der Waals surface area contributed by atoms with E-state index < -0.39 is 5.91 Å². The van der Waals surface area contributed by atoms with Gasteiger partial charge in [-0.05, 0) is 31.9 Å². The summed E-state index contributed by atoms with van der Waals surface area (Å²) in [5.41, 5.74) is 9.03. The summed E-state index contributed by atoms with van der Waals surface area (Å²) in [6, 6.07) is 7.89. The second-order valence-electron chi connectivity index (χ2n) is 6.93. The third kappa shape index (κ3) is 3.09. The van der Waals surface area contributed by atoms with Crippen molar-refractivity contribution in [2.24, 2.45) is 5.73 Å². The molecule has 1 aliphatic rings. The van der Waals surface area contributed by atoms with Crippen LogP contribution in [0.15, 0.2) is 30.5 Å². The third-order valence-corrected chi connectivity index (χ3v) is 5.17. The van der Waals surface area contributed by atoms with Crippen LogP contribution in [0.25, 0.3) is 11.0 Å². The van der Waals surface area contributed by atoms with E-state index in [4.69, 9.17) is 15.6 Å². The Bertz CT molecular complexity index is 1010. The van der Waals surface area contributed by atoms with E-state index in [1.165, 1.54) is 12.8 Å². The zero-order chi connectivity index (χ0) is 19.0. The van der Waals surface area contributed by atoms with E-state index in [-0.39, 0.29) is 0 Å². The lowest BCUT2D eigenvalue weighted by Crippen LogP contribution is -2.14. The van der Waals surface area contributed by atoms with Crippen LogP contribution in [0.3, 0.4) is 0 Å². The van der Waals surface area contributed by atoms with Gasteiger partial charge in [-0.25, -0.2) is 9.67 Å². The molecule has 27 heavy (non-hydrogen) atoms. The molecule has 3 N–H and O–H groups in total. The topological polar surface area (TPSA) is 95.1 Å². The number of rotatable bonds is 5. The Morgan fingerprint density at radius 3 is 2.81 bits per heavy atom. The number of nitrogens with zero attached hydrogens (tertiary/aromatic N) is 3. The molecule has 140 valence electrons. The predicted octanol–water partition coefficient (Wildman–Crippen LogP) is 3.71. The highest BCUT2D eigenvalue weighted by atomic mass is 16.5. The number of hydrogen-bond donors (Lipinski definition) is 2. The van der Waals surface area contributed by atoms with E-state index in [0.717, 1.165) is 41.0 Å². The highest BCUT2D eigenvalue weighted by Crippen LogP contribution is 2.36. The molecule has 3 aromatic rings. The van der Waals surface area contributed by atoms with Crippen LogP contribution in [-0.2, 0) is 0 Å². The average molecular weight is 365 g/mol. The molecule has 4 rings (SSSR count). The summed E-state index contributed by atoms with van der Waals surface area (Å²) in [5.74, 6) is 0.201. The van der Waals surface area contributed by atoms with Gasteiger partial charge in [-0.3, -0.25) is 4.79 Å². The number of fused-ring (bicyclic) bond motifs is 1. The highest BCUT2D eigenvalue weighted by Gasteiger charge is 2.25. The van der Waals surface area contributed by atoms with Crippen molar-refractivity contribution in [2.45, 2.75) is 38.6 Å². The van der Waals surface area contributed by atoms with Crippen LogP contribution in [0.1, 0.15) is 47.8 Å². The number of anilines is 2. The average Bonchev–Trinajstić information content (AvgIpc) is 3.30. The van der Waals surface area contributed by atoms with E-state index in [2.05, 4.69) is 10.3 Å². The summed E-state index contributed by atoms with van der Waals surface area (Å²) < 4.78 is 7.31. The normalized spacial score (nSPS) is 14.6. The standard InChI is InChI=1S/C20H23N5O2/c1-12-17-18(23-13-6-5-9-15(10-13)27-2)16(19(21)26)11-22-20(17)25(24-12)14-7-3-4-8-14/h5-6,9-11,14H,3-4,7-8H2,1-2H3,(H2,21,26)(H,22,23). The van der Waals surface area contributed by atoms with E-state index >= 15 is 0 Å². The lowest BCUT2D eigenvalue weighted by atomic mass is 10.1. The molecule has 0 saturated heterocycles. The number of amides is 1. The number of methoxy groups -OCH3 is 1. The van der Waals surface area contributed by atoms with Crippen LogP contribution in [0.5, 0.6) is 5.75 Å². The van der Waals surface area contributed by atoms with Gasteiger partial charge in [0, 0.05) is 18.0 Å². The van der Waals surface area contributed by atoms with E-state index in [0.29, 0.717) is 17.3 Å². The van der Waals surface area contributed by atoms with Gasteiger partial charge in [0.1, 0.15) is 5.75 Å². The summed E-state index contributed by atoms with van der Waals surface area (Å²) in [6.45, 7) is 1.94. The molecule has 0 spiro atoms. The largest absolute Gasteiger partial charge is 0.497 e. The van der Waals surface area contributed by atoms with Crippen LogP contribution >= 0.6 is 0 Å². The Kier molecular flexibility index (Phi) is 4.43. The molecule has 1 fully saturated rings. The Balaban J connectivity index is 1.87. The Morgan fingerprint density at radius 1 is 1.33 bits per heavy atom. The molecule has 0 unspecified atom stereocenters. The van der Waals surface area contributed by atoms with Gasteiger partial charge in [-0.1, -0.05) is 18.9 Å². The Morgan fingerprint density at radius 2 is 2.11 bits per heavy atom. The monoisotopic (exact) mass is 365 g/mol. The molecule has 7 nitrogen and oxygen atoms in total. The van der Waals surface area contributed by atoms with Crippen molar-refractivity contribution >= 4 is 28.3 Å². The number of benzene rings is 1. The Hall–Kier alpha value is -3.09.